The second-order valence-corrected chi connectivity index (χ2v) is 6.86. The first-order valence-corrected chi connectivity index (χ1v) is 8.62. The van der Waals surface area contributed by atoms with Crippen molar-refractivity contribution in [1.29, 1.82) is 0 Å². The minimum absolute atomic E-state index is 0.275. The van der Waals surface area contributed by atoms with Crippen LogP contribution in [-0.4, -0.2) is 10.1 Å². The fourth-order valence-corrected chi connectivity index (χ4v) is 4.31. The van der Waals surface area contributed by atoms with Crippen LogP contribution in [-0.2, 0) is 0 Å². The number of rotatable bonds is 1. The highest BCUT2D eigenvalue weighted by molar-refractivity contribution is 7.21. The van der Waals surface area contributed by atoms with Crippen LogP contribution in [0.5, 0.6) is 5.75 Å². The number of aromatic nitrogens is 1. The van der Waals surface area contributed by atoms with Gasteiger partial charge in [0.25, 0.3) is 0 Å². The zero-order valence-corrected chi connectivity index (χ0v) is 13.5. The minimum Gasteiger partial charge on any atom is -0.507 e. The van der Waals surface area contributed by atoms with Gasteiger partial charge in [0.2, 0.25) is 0 Å². The molecular weight excluding hydrogens is 314 g/mol. The summed E-state index contributed by atoms with van der Waals surface area (Å²) in [7, 11) is 0. The molecule has 0 atom stereocenters. The molecule has 0 radical (unpaired) electrons. The number of phenolic OH excluding ortho intramolecular Hbond substituents is 1. The third kappa shape index (κ3) is 1.92. The van der Waals surface area contributed by atoms with Gasteiger partial charge in [-0.2, -0.15) is 0 Å². The summed E-state index contributed by atoms with van der Waals surface area (Å²) in [5.41, 5.74) is 1.79. The summed E-state index contributed by atoms with van der Waals surface area (Å²) in [5, 5.41) is 15.9. The molecule has 5 rings (SSSR count). The normalized spacial score (nSPS) is 11.5. The van der Waals surface area contributed by atoms with Gasteiger partial charge in [0.15, 0.2) is 0 Å². The Kier molecular flexibility index (Phi) is 2.84. The number of benzene rings is 4. The average molecular weight is 327 g/mol. The topological polar surface area (TPSA) is 33.1 Å². The van der Waals surface area contributed by atoms with Crippen molar-refractivity contribution in [3.8, 4) is 16.3 Å². The molecule has 0 aliphatic heterocycles. The number of para-hydroxylation sites is 1. The molecule has 1 aromatic heterocycles. The standard InChI is InChI=1S/C21H13NOS/c23-18-12-11-15-14-6-2-1-5-13(14)9-10-16(15)20(18)21-22-17-7-3-4-8-19(17)24-21/h1-12,23H. The molecule has 5 aromatic rings. The number of phenols is 1. The molecule has 114 valence electrons. The fraction of sp³-hybridized carbons (Fsp3) is 0. The van der Waals surface area contributed by atoms with Gasteiger partial charge in [-0.15, -0.1) is 11.3 Å². The molecule has 0 saturated heterocycles. The first kappa shape index (κ1) is 13.5. The molecule has 0 aliphatic rings. The van der Waals surface area contributed by atoms with Crippen molar-refractivity contribution in [3.05, 3.63) is 72.8 Å². The van der Waals surface area contributed by atoms with Gasteiger partial charge in [0.05, 0.1) is 15.8 Å². The van der Waals surface area contributed by atoms with Crippen molar-refractivity contribution in [3.63, 3.8) is 0 Å². The molecule has 0 aliphatic carbocycles. The average Bonchev–Trinajstić information content (AvgIpc) is 3.04. The van der Waals surface area contributed by atoms with Gasteiger partial charge in [-0.1, -0.05) is 54.6 Å². The molecule has 2 nitrogen and oxygen atoms in total. The van der Waals surface area contributed by atoms with E-state index >= 15 is 0 Å². The van der Waals surface area contributed by atoms with Crippen LogP contribution in [0.15, 0.2) is 72.8 Å². The zero-order valence-electron chi connectivity index (χ0n) is 12.7. The Morgan fingerprint density at radius 3 is 2.42 bits per heavy atom. The maximum atomic E-state index is 10.5. The van der Waals surface area contributed by atoms with Crippen LogP contribution < -0.4 is 0 Å². The van der Waals surface area contributed by atoms with Crippen LogP contribution in [0.25, 0.3) is 42.3 Å². The van der Waals surface area contributed by atoms with E-state index in [0.29, 0.717) is 0 Å². The maximum Gasteiger partial charge on any atom is 0.128 e. The third-order valence-electron chi connectivity index (χ3n) is 4.41. The lowest BCUT2D eigenvalue weighted by Crippen LogP contribution is -1.84. The Labute approximate surface area is 142 Å². The lowest BCUT2D eigenvalue weighted by atomic mass is 9.98. The fourth-order valence-electron chi connectivity index (χ4n) is 3.28. The number of fused-ring (bicyclic) bond motifs is 4. The predicted molar refractivity (Wildman–Crippen MR) is 102 cm³/mol. The highest BCUT2D eigenvalue weighted by atomic mass is 32.1. The third-order valence-corrected chi connectivity index (χ3v) is 5.47. The summed E-state index contributed by atoms with van der Waals surface area (Å²) in [6.45, 7) is 0. The van der Waals surface area contributed by atoms with E-state index in [0.717, 1.165) is 31.6 Å². The molecule has 0 bridgehead atoms. The summed E-state index contributed by atoms with van der Waals surface area (Å²) in [4.78, 5) is 4.73. The van der Waals surface area contributed by atoms with Crippen molar-refractivity contribution in [2.75, 3.05) is 0 Å². The van der Waals surface area contributed by atoms with E-state index in [-0.39, 0.29) is 5.75 Å². The molecule has 0 amide bonds. The van der Waals surface area contributed by atoms with Crippen LogP contribution in [0.4, 0.5) is 0 Å². The van der Waals surface area contributed by atoms with Crippen LogP contribution in [0.1, 0.15) is 0 Å². The number of nitrogens with zero attached hydrogens (tertiary/aromatic N) is 1. The molecule has 0 saturated carbocycles. The number of thiazole rings is 1. The molecule has 4 aromatic carbocycles. The summed E-state index contributed by atoms with van der Waals surface area (Å²) >= 11 is 1.61. The lowest BCUT2D eigenvalue weighted by molar-refractivity contribution is 0.478. The SMILES string of the molecule is Oc1ccc2c(ccc3ccccc32)c1-c1nc2ccccc2s1. The van der Waals surface area contributed by atoms with E-state index in [1.165, 1.54) is 10.8 Å². The first-order valence-electron chi connectivity index (χ1n) is 7.81. The summed E-state index contributed by atoms with van der Waals surface area (Å²) < 4.78 is 1.13. The summed E-state index contributed by atoms with van der Waals surface area (Å²) in [5.74, 6) is 0.275. The van der Waals surface area contributed by atoms with Crippen molar-refractivity contribution in [2.24, 2.45) is 0 Å². The summed E-state index contributed by atoms with van der Waals surface area (Å²) in [6.07, 6.45) is 0. The van der Waals surface area contributed by atoms with Crippen LogP contribution in [0, 0.1) is 0 Å². The van der Waals surface area contributed by atoms with Crippen LogP contribution in [0.3, 0.4) is 0 Å². The van der Waals surface area contributed by atoms with Gasteiger partial charge in [0.1, 0.15) is 10.8 Å². The Hall–Kier alpha value is -2.91. The van der Waals surface area contributed by atoms with Crippen molar-refractivity contribution < 1.29 is 5.11 Å². The van der Waals surface area contributed by atoms with E-state index in [1.807, 2.05) is 36.4 Å². The predicted octanol–water partition coefficient (Wildman–Crippen LogP) is 5.98. The van der Waals surface area contributed by atoms with E-state index in [1.54, 1.807) is 17.4 Å². The Bertz CT molecular complexity index is 1190. The number of hydrogen-bond acceptors (Lipinski definition) is 3. The smallest absolute Gasteiger partial charge is 0.128 e. The Morgan fingerprint density at radius 1 is 0.708 bits per heavy atom. The Balaban J connectivity index is 1.90. The quantitative estimate of drug-likeness (QED) is 0.384. The highest BCUT2D eigenvalue weighted by Crippen LogP contribution is 2.41. The van der Waals surface area contributed by atoms with Gasteiger partial charge in [-0.25, -0.2) is 4.98 Å². The van der Waals surface area contributed by atoms with E-state index in [9.17, 15) is 5.11 Å². The second kappa shape index (κ2) is 5.05. The van der Waals surface area contributed by atoms with Crippen molar-refractivity contribution >= 4 is 43.1 Å². The molecule has 0 fully saturated rings. The van der Waals surface area contributed by atoms with Gasteiger partial charge in [0, 0.05) is 0 Å². The molecule has 3 heteroatoms. The van der Waals surface area contributed by atoms with Gasteiger partial charge < -0.3 is 5.11 Å². The molecule has 0 unspecified atom stereocenters. The minimum atomic E-state index is 0.275. The van der Waals surface area contributed by atoms with E-state index in [2.05, 4.69) is 30.3 Å². The Morgan fingerprint density at radius 2 is 1.50 bits per heavy atom. The molecule has 0 spiro atoms. The van der Waals surface area contributed by atoms with Gasteiger partial charge in [-0.05, 0) is 39.7 Å². The van der Waals surface area contributed by atoms with E-state index < -0.39 is 0 Å². The van der Waals surface area contributed by atoms with Crippen molar-refractivity contribution in [1.82, 2.24) is 4.98 Å². The maximum absolute atomic E-state index is 10.5. The van der Waals surface area contributed by atoms with Crippen LogP contribution >= 0.6 is 11.3 Å². The number of hydrogen-bond donors (Lipinski definition) is 1. The second-order valence-electron chi connectivity index (χ2n) is 5.83. The van der Waals surface area contributed by atoms with Gasteiger partial charge in [-0.3, -0.25) is 0 Å². The highest BCUT2D eigenvalue weighted by Gasteiger charge is 2.15. The largest absolute Gasteiger partial charge is 0.507 e. The molecular formula is C21H13NOS. The van der Waals surface area contributed by atoms with Crippen LogP contribution in [0.2, 0.25) is 0 Å². The first-order chi connectivity index (χ1) is 11.8. The van der Waals surface area contributed by atoms with Gasteiger partial charge >= 0.3 is 0 Å². The zero-order chi connectivity index (χ0) is 16.1. The molecule has 1 N–H and O–H groups in total. The molecule has 24 heavy (non-hydrogen) atoms. The monoisotopic (exact) mass is 327 g/mol. The lowest BCUT2D eigenvalue weighted by Gasteiger charge is -2.09. The van der Waals surface area contributed by atoms with Crippen molar-refractivity contribution in [2.45, 2.75) is 0 Å². The molecule has 1 heterocycles. The van der Waals surface area contributed by atoms with E-state index in [4.69, 9.17) is 4.98 Å². The number of aromatic hydroxyl groups is 1. The summed E-state index contributed by atoms with van der Waals surface area (Å²) in [6, 6.07) is 24.3.